The van der Waals surface area contributed by atoms with Gasteiger partial charge in [-0.15, -0.1) is 0 Å². The molecule has 3 rings (SSSR count). The van der Waals surface area contributed by atoms with Gasteiger partial charge in [-0.05, 0) is 64.3 Å². The van der Waals surface area contributed by atoms with Crippen molar-refractivity contribution in [2.24, 2.45) is 5.73 Å². The topological polar surface area (TPSA) is 96.4 Å². The number of aryl methyl sites for hydroxylation is 1. The number of amidine groups is 1. The maximum absolute atomic E-state index is 14.2. The number of ether oxygens (including phenoxy) is 1. The van der Waals surface area contributed by atoms with Crippen LogP contribution in [0, 0.1) is 11.2 Å². The van der Waals surface area contributed by atoms with E-state index in [0.717, 1.165) is 38.8 Å². The minimum Gasteiger partial charge on any atom is -0.385 e. The van der Waals surface area contributed by atoms with Crippen molar-refractivity contribution >= 4 is 22.6 Å². The van der Waals surface area contributed by atoms with Gasteiger partial charge in [0.15, 0.2) is 0 Å². The summed E-state index contributed by atoms with van der Waals surface area (Å²) in [4.78, 5) is 15.9. The van der Waals surface area contributed by atoms with Crippen LogP contribution in [0.2, 0.25) is 0 Å². The molecule has 4 N–H and O–H groups in total. The first-order chi connectivity index (χ1) is 14.9. The van der Waals surface area contributed by atoms with Crippen LogP contribution in [0.4, 0.5) is 4.39 Å². The minimum atomic E-state index is -0.380. The van der Waals surface area contributed by atoms with Crippen molar-refractivity contribution in [1.29, 1.82) is 5.41 Å². The molecule has 170 valence electrons. The summed E-state index contributed by atoms with van der Waals surface area (Å²) in [5.74, 6) is -0.715. The standard InChI is InChI=1S/C23H34FN5O2/c1-15(2)29(17-7-6-10-27-14-17)23(30)21-20(22(25)26)18-9-8-16(24)13-19(18)28(21)11-4-5-12-31-3/h8-9,13,15,17,27H,4-7,10-12,14H2,1-3H3,(H3,25,26)/t17-/m1/s1. The molecule has 31 heavy (non-hydrogen) atoms. The summed E-state index contributed by atoms with van der Waals surface area (Å²) in [7, 11) is 1.65. The number of fused-ring (bicyclic) bond motifs is 1. The van der Waals surface area contributed by atoms with Gasteiger partial charge in [-0.25, -0.2) is 4.39 Å². The van der Waals surface area contributed by atoms with Gasteiger partial charge in [0.2, 0.25) is 0 Å². The Morgan fingerprint density at radius 2 is 2.19 bits per heavy atom. The highest BCUT2D eigenvalue weighted by atomic mass is 19.1. The lowest BCUT2D eigenvalue weighted by Gasteiger charge is -2.38. The predicted octanol–water partition coefficient (Wildman–Crippen LogP) is 3.09. The van der Waals surface area contributed by atoms with E-state index in [1.54, 1.807) is 13.2 Å². The second-order valence-electron chi connectivity index (χ2n) is 8.46. The highest BCUT2D eigenvalue weighted by Gasteiger charge is 2.33. The van der Waals surface area contributed by atoms with Crippen molar-refractivity contribution in [2.45, 2.75) is 58.2 Å². The Hall–Kier alpha value is -2.45. The molecule has 0 spiro atoms. The van der Waals surface area contributed by atoms with Crippen LogP contribution in [0.15, 0.2) is 18.2 Å². The van der Waals surface area contributed by atoms with Crippen LogP contribution in [-0.4, -0.2) is 60.1 Å². The van der Waals surface area contributed by atoms with Crippen LogP contribution >= 0.6 is 0 Å². The zero-order valence-electron chi connectivity index (χ0n) is 18.7. The maximum Gasteiger partial charge on any atom is 0.271 e. The first-order valence-corrected chi connectivity index (χ1v) is 11.0. The van der Waals surface area contributed by atoms with Gasteiger partial charge < -0.3 is 25.3 Å². The molecule has 1 amide bonds. The van der Waals surface area contributed by atoms with Gasteiger partial charge in [0, 0.05) is 44.3 Å². The van der Waals surface area contributed by atoms with Crippen LogP contribution in [0.25, 0.3) is 10.9 Å². The smallest absolute Gasteiger partial charge is 0.271 e. The molecule has 0 saturated carbocycles. The van der Waals surface area contributed by atoms with Crippen LogP contribution < -0.4 is 11.1 Å². The Morgan fingerprint density at radius 1 is 1.42 bits per heavy atom. The van der Waals surface area contributed by atoms with E-state index in [1.807, 2.05) is 23.3 Å². The molecule has 8 heteroatoms. The number of hydrogen-bond acceptors (Lipinski definition) is 4. The van der Waals surface area contributed by atoms with E-state index in [4.69, 9.17) is 15.9 Å². The van der Waals surface area contributed by atoms with Gasteiger partial charge in [0.25, 0.3) is 5.91 Å². The number of halogens is 1. The molecule has 7 nitrogen and oxygen atoms in total. The normalized spacial score (nSPS) is 16.7. The lowest BCUT2D eigenvalue weighted by atomic mass is 10.0. The van der Waals surface area contributed by atoms with Crippen molar-refractivity contribution in [3.63, 3.8) is 0 Å². The molecule has 1 aliphatic rings. The number of hydrogen-bond donors (Lipinski definition) is 3. The third-order valence-electron chi connectivity index (χ3n) is 5.93. The van der Waals surface area contributed by atoms with E-state index in [-0.39, 0.29) is 29.6 Å². The van der Waals surface area contributed by atoms with Gasteiger partial charge >= 0.3 is 0 Å². The van der Waals surface area contributed by atoms with Crippen LogP contribution in [-0.2, 0) is 11.3 Å². The van der Waals surface area contributed by atoms with Gasteiger partial charge in [0.05, 0.1) is 11.1 Å². The SMILES string of the molecule is COCCCCn1c(C(=O)N(C(C)C)[C@@H]2CCCNC2)c(C(=N)N)c2ccc(F)cc21. The molecule has 0 radical (unpaired) electrons. The summed E-state index contributed by atoms with van der Waals surface area (Å²) >= 11 is 0. The number of piperidine rings is 1. The van der Waals surface area contributed by atoms with E-state index >= 15 is 0 Å². The highest BCUT2D eigenvalue weighted by Crippen LogP contribution is 2.30. The van der Waals surface area contributed by atoms with Crippen molar-refractivity contribution in [2.75, 3.05) is 26.8 Å². The monoisotopic (exact) mass is 431 g/mol. The van der Waals surface area contributed by atoms with Gasteiger partial charge in [-0.2, -0.15) is 0 Å². The molecule has 1 fully saturated rings. The zero-order valence-corrected chi connectivity index (χ0v) is 18.7. The number of nitrogens with one attached hydrogen (secondary N) is 2. The molecule has 2 aromatic rings. The minimum absolute atomic E-state index is 0.0195. The lowest BCUT2D eigenvalue weighted by Crippen LogP contribution is -2.52. The second kappa shape index (κ2) is 10.2. The first kappa shape index (κ1) is 23.2. The largest absolute Gasteiger partial charge is 0.385 e. The molecule has 0 unspecified atom stereocenters. The third kappa shape index (κ3) is 4.91. The fraction of sp³-hybridized carbons (Fsp3) is 0.565. The number of aromatic nitrogens is 1. The number of nitrogens with zero attached hydrogens (tertiary/aromatic N) is 2. The van der Waals surface area contributed by atoms with Crippen molar-refractivity contribution in [3.8, 4) is 0 Å². The van der Waals surface area contributed by atoms with Crippen molar-refractivity contribution in [3.05, 3.63) is 35.3 Å². The highest BCUT2D eigenvalue weighted by molar-refractivity contribution is 6.16. The number of unbranched alkanes of at least 4 members (excludes halogenated alkanes) is 1. The Labute approximate surface area is 183 Å². The second-order valence-corrected chi connectivity index (χ2v) is 8.46. The van der Waals surface area contributed by atoms with E-state index in [9.17, 15) is 9.18 Å². The molecule has 2 heterocycles. The van der Waals surface area contributed by atoms with Gasteiger partial charge in [-0.1, -0.05) is 0 Å². The molecule has 1 aliphatic heterocycles. The number of rotatable bonds is 9. The Balaban J connectivity index is 2.14. The fourth-order valence-electron chi connectivity index (χ4n) is 4.58. The quantitative estimate of drug-likeness (QED) is 0.323. The van der Waals surface area contributed by atoms with E-state index in [1.165, 1.54) is 12.1 Å². The molecule has 1 aromatic heterocycles. The number of nitrogens with two attached hydrogens (primary N) is 1. The molecule has 0 bridgehead atoms. The van der Waals surface area contributed by atoms with E-state index < -0.39 is 0 Å². The maximum atomic E-state index is 14.2. The summed E-state index contributed by atoms with van der Waals surface area (Å²) in [5, 5.41) is 12.2. The number of carbonyl (C=O) groups excluding carboxylic acids is 1. The van der Waals surface area contributed by atoms with Gasteiger partial charge in [0.1, 0.15) is 17.3 Å². The first-order valence-electron chi connectivity index (χ1n) is 11.0. The lowest BCUT2D eigenvalue weighted by molar-refractivity contribution is 0.0562. The molecule has 0 aliphatic carbocycles. The molecular weight excluding hydrogens is 397 g/mol. The molecular formula is C23H34FN5O2. The number of amides is 1. The molecule has 1 saturated heterocycles. The molecule has 1 aromatic carbocycles. The van der Waals surface area contributed by atoms with Crippen molar-refractivity contribution < 1.29 is 13.9 Å². The average Bonchev–Trinajstić information content (AvgIpc) is 3.05. The molecule has 1 atom stereocenters. The number of methoxy groups -OCH3 is 1. The van der Waals surface area contributed by atoms with E-state index in [0.29, 0.717) is 35.3 Å². The number of carbonyl (C=O) groups is 1. The van der Waals surface area contributed by atoms with E-state index in [2.05, 4.69) is 5.32 Å². The number of benzene rings is 1. The summed E-state index contributed by atoms with van der Waals surface area (Å²) < 4.78 is 21.2. The van der Waals surface area contributed by atoms with Crippen LogP contribution in [0.3, 0.4) is 0 Å². The number of nitrogen functional groups attached to an aromatic ring is 1. The third-order valence-corrected chi connectivity index (χ3v) is 5.93. The Kier molecular flexibility index (Phi) is 7.67. The summed E-state index contributed by atoms with van der Waals surface area (Å²) in [6, 6.07) is 4.44. The van der Waals surface area contributed by atoms with Crippen LogP contribution in [0.1, 0.15) is 55.6 Å². The summed E-state index contributed by atoms with van der Waals surface area (Å²) in [5.41, 5.74) is 7.34. The summed E-state index contributed by atoms with van der Waals surface area (Å²) in [6.45, 7) is 6.83. The summed E-state index contributed by atoms with van der Waals surface area (Å²) in [6.07, 6.45) is 3.51. The predicted molar refractivity (Wildman–Crippen MR) is 121 cm³/mol. The van der Waals surface area contributed by atoms with Gasteiger partial charge in [-0.3, -0.25) is 10.2 Å². The van der Waals surface area contributed by atoms with Crippen molar-refractivity contribution in [1.82, 2.24) is 14.8 Å². The Bertz CT molecular complexity index is 934. The average molecular weight is 432 g/mol. The van der Waals surface area contributed by atoms with Crippen LogP contribution in [0.5, 0.6) is 0 Å². The fourth-order valence-corrected chi connectivity index (χ4v) is 4.58. The Morgan fingerprint density at radius 3 is 2.81 bits per heavy atom. The zero-order chi connectivity index (χ0) is 22.5.